The molecule has 0 unspecified atom stereocenters. The van der Waals surface area contributed by atoms with Crippen molar-refractivity contribution >= 4 is 27.4 Å². The molecular weight excluding hydrogens is 208 g/mol. The number of aryl methyl sites for hydroxylation is 1. The van der Waals surface area contributed by atoms with Crippen molar-refractivity contribution < 1.29 is 9.53 Å². The first kappa shape index (κ1) is 10.2. The molecule has 0 radical (unpaired) electrons. The highest BCUT2D eigenvalue weighted by Gasteiger charge is 2.08. The molecule has 1 aromatic heterocycles. The van der Waals surface area contributed by atoms with Crippen LogP contribution in [0, 0.1) is 6.92 Å². The molecule has 0 spiro atoms. The normalized spacial score (nSPS) is 10.5. The Bertz CT molecular complexity index is 499. The number of ether oxygens (including phenoxy) is 1. The molecule has 2 nitrogen and oxygen atoms in total. The molecule has 2 rings (SSSR count). The molecule has 0 aliphatic carbocycles. The smallest absolute Gasteiger partial charge is 0.310 e. The number of hydrogen-bond donors (Lipinski definition) is 0. The van der Waals surface area contributed by atoms with Crippen LogP contribution in [0.3, 0.4) is 0 Å². The van der Waals surface area contributed by atoms with Crippen LogP contribution in [0.2, 0.25) is 0 Å². The molecule has 0 aliphatic heterocycles. The molecule has 2 aromatic rings. The second-order valence-corrected chi connectivity index (χ2v) is 4.42. The highest BCUT2D eigenvalue weighted by atomic mass is 32.1. The van der Waals surface area contributed by atoms with Crippen LogP contribution >= 0.6 is 11.3 Å². The molecule has 0 saturated heterocycles. The number of esters is 1. The van der Waals surface area contributed by atoms with Crippen LogP contribution < -0.4 is 0 Å². The summed E-state index contributed by atoms with van der Waals surface area (Å²) in [5.74, 6) is -0.184. The van der Waals surface area contributed by atoms with Gasteiger partial charge in [0.15, 0.2) is 0 Å². The van der Waals surface area contributed by atoms with E-state index in [1.807, 2.05) is 5.38 Å². The average molecular weight is 220 g/mol. The number of hydrogen-bond acceptors (Lipinski definition) is 3. The first-order chi connectivity index (χ1) is 7.20. The molecule has 0 N–H and O–H groups in total. The van der Waals surface area contributed by atoms with Crippen LogP contribution in [0.1, 0.15) is 11.1 Å². The molecule has 0 atom stereocenters. The second kappa shape index (κ2) is 4.03. The van der Waals surface area contributed by atoms with E-state index < -0.39 is 0 Å². The summed E-state index contributed by atoms with van der Waals surface area (Å²) >= 11 is 1.67. The van der Waals surface area contributed by atoms with Gasteiger partial charge < -0.3 is 4.74 Å². The molecule has 15 heavy (non-hydrogen) atoms. The Hall–Kier alpha value is -1.35. The van der Waals surface area contributed by atoms with Crippen LogP contribution in [0.15, 0.2) is 23.6 Å². The topological polar surface area (TPSA) is 26.3 Å². The number of fused-ring (bicyclic) bond motifs is 1. The molecule has 78 valence electrons. The Labute approximate surface area is 92.5 Å². The standard InChI is InChI=1S/C12H12O2S/c1-8-3-4-11-10(5-8)9(7-15-11)6-12(13)14-2/h3-5,7H,6H2,1-2H3. The van der Waals surface area contributed by atoms with E-state index in [0.29, 0.717) is 6.42 Å². The first-order valence-electron chi connectivity index (χ1n) is 4.74. The SMILES string of the molecule is COC(=O)Cc1csc2ccc(C)cc12. The van der Waals surface area contributed by atoms with Gasteiger partial charge in [0.05, 0.1) is 13.5 Å². The zero-order valence-corrected chi connectivity index (χ0v) is 9.56. The van der Waals surface area contributed by atoms with E-state index >= 15 is 0 Å². The Morgan fingerprint density at radius 2 is 2.27 bits per heavy atom. The lowest BCUT2D eigenvalue weighted by atomic mass is 10.1. The van der Waals surface area contributed by atoms with E-state index in [1.165, 1.54) is 22.8 Å². The third-order valence-electron chi connectivity index (χ3n) is 2.37. The highest BCUT2D eigenvalue weighted by molar-refractivity contribution is 7.17. The molecule has 0 bridgehead atoms. The van der Waals surface area contributed by atoms with Crippen LogP contribution in [0.25, 0.3) is 10.1 Å². The van der Waals surface area contributed by atoms with Crippen molar-refractivity contribution in [1.29, 1.82) is 0 Å². The van der Waals surface area contributed by atoms with E-state index in [2.05, 4.69) is 29.9 Å². The van der Waals surface area contributed by atoms with E-state index in [4.69, 9.17) is 0 Å². The van der Waals surface area contributed by atoms with Gasteiger partial charge in [-0.1, -0.05) is 17.7 Å². The van der Waals surface area contributed by atoms with E-state index in [9.17, 15) is 4.79 Å². The number of rotatable bonds is 2. The minimum Gasteiger partial charge on any atom is -0.469 e. The number of carbonyl (C=O) groups is 1. The Kier molecular flexibility index (Phi) is 2.73. The molecular formula is C12H12O2S. The van der Waals surface area contributed by atoms with Crippen LogP contribution in [-0.2, 0) is 16.0 Å². The first-order valence-corrected chi connectivity index (χ1v) is 5.62. The van der Waals surface area contributed by atoms with Crippen LogP contribution in [0.4, 0.5) is 0 Å². The fourth-order valence-electron chi connectivity index (χ4n) is 1.56. The minimum atomic E-state index is -0.184. The average Bonchev–Trinajstić information content (AvgIpc) is 2.61. The summed E-state index contributed by atoms with van der Waals surface area (Å²) in [6, 6.07) is 6.29. The number of thiophene rings is 1. The summed E-state index contributed by atoms with van der Waals surface area (Å²) in [7, 11) is 1.42. The molecule has 0 fully saturated rings. The third kappa shape index (κ3) is 2.02. The fourth-order valence-corrected chi connectivity index (χ4v) is 2.50. The summed E-state index contributed by atoms with van der Waals surface area (Å²) in [6.07, 6.45) is 0.361. The van der Waals surface area contributed by atoms with Crippen molar-refractivity contribution in [2.75, 3.05) is 7.11 Å². The predicted molar refractivity (Wildman–Crippen MR) is 62.3 cm³/mol. The zero-order chi connectivity index (χ0) is 10.8. The zero-order valence-electron chi connectivity index (χ0n) is 8.74. The molecule has 0 amide bonds. The van der Waals surface area contributed by atoms with Gasteiger partial charge >= 0.3 is 5.97 Å². The van der Waals surface area contributed by atoms with Crippen molar-refractivity contribution in [3.8, 4) is 0 Å². The highest BCUT2D eigenvalue weighted by Crippen LogP contribution is 2.27. The van der Waals surface area contributed by atoms with Gasteiger partial charge in [-0.25, -0.2) is 0 Å². The number of benzene rings is 1. The third-order valence-corrected chi connectivity index (χ3v) is 3.38. The van der Waals surface area contributed by atoms with Crippen molar-refractivity contribution in [2.24, 2.45) is 0 Å². The summed E-state index contributed by atoms with van der Waals surface area (Å²) in [4.78, 5) is 11.2. The van der Waals surface area contributed by atoms with Crippen molar-refractivity contribution in [3.05, 3.63) is 34.7 Å². The van der Waals surface area contributed by atoms with Crippen LogP contribution in [0.5, 0.6) is 0 Å². The van der Waals surface area contributed by atoms with Gasteiger partial charge in [0.1, 0.15) is 0 Å². The van der Waals surface area contributed by atoms with Gasteiger partial charge in [0.25, 0.3) is 0 Å². The maximum absolute atomic E-state index is 11.2. The van der Waals surface area contributed by atoms with Crippen molar-refractivity contribution in [3.63, 3.8) is 0 Å². The fraction of sp³-hybridized carbons (Fsp3) is 0.250. The Morgan fingerprint density at radius 3 is 3.00 bits per heavy atom. The van der Waals surface area contributed by atoms with Gasteiger partial charge in [-0.3, -0.25) is 4.79 Å². The molecule has 1 heterocycles. The van der Waals surface area contributed by atoms with Crippen molar-refractivity contribution in [1.82, 2.24) is 0 Å². The number of methoxy groups -OCH3 is 1. The summed E-state index contributed by atoms with van der Waals surface area (Å²) in [5, 5.41) is 3.20. The molecule has 0 saturated carbocycles. The monoisotopic (exact) mass is 220 g/mol. The molecule has 0 aliphatic rings. The Morgan fingerprint density at radius 1 is 1.47 bits per heavy atom. The summed E-state index contributed by atoms with van der Waals surface area (Å²) in [5.41, 5.74) is 2.28. The lowest BCUT2D eigenvalue weighted by Crippen LogP contribution is -2.03. The summed E-state index contributed by atoms with van der Waals surface area (Å²) < 4.78 is 5.89. The molecule has 1 aromatic carbocycles. The second-order valence-electron chi connectivity index (χ2n) is 3.51. The minimum absolute atomic E-state index is 0.184. The lowest BCUT2D eigenvalue weighted by Gasteiger charge is -1.99. The van der Waals surface area contributed by atoms with E-state index in [1.54, 1.807) is 11.3 Å². The van der Waals surface area contributed by atoms with Gasteiger partial charge in [0.2, 0.25) is 0 Å². The predicted octanol–water partition coefficient (Wildman–Crippen LogP) is 2.93. The van der Waals surface area contributed by atoms with Crippen molar-refractivity contribution in [2.45, 2.75) is 13.3 Å². The molecule has 3 heteroatoms. The summed E-state index contributed by atoms with van der Waals surface area (Å²) in [6.45, 7) is 2.05. The largest absolute Gasteiger partial charge is 0.469 e. The van der Waals surface area contributed by atoms with Gasteiger partial charge in [-0.2, -0.15) is 0 Å². The van der Waals surface area contributed by atoms with Gasteiger partial charge in [0, 0.05) is 4.70 Å². The maximum atomic E-state index is 11.2. The number of carbonyl (C=O) groups excluding carboxylic acids is 1. The quantitative estimate of drug-likeness (QED) is 0.727. The maximum Gasteiger partial charge on any atom is 0.310 e. The van der Waals surface area contributed by atoms with E-state index in [0.717, 1.165) is 5.56 Å². The lowest BCUT2D eigenvalue weighted by molar-refractivity contribution is -0.139. The van der Waals surface area contributed by atoms with Gasteiger partial charge in [-0.15, -0.1) is 11.3 Å². The van der Waals surface area contributed by atoms with E-state index in [-0.39, 0.29) is 5.97 Å². The van der Waals surface area contributed by atoms with Gasteiger partial charge in [-0.05, 0) is 29.3 Å². The van der Waals surface area contributed by atoms with Crippen LogP contribution in [-0.4, -0.2) is 13.1 Å². The Balaban J connectivity index is 2.43.